The Hall–Kier alpha value is -1.88. The Bertz CT molecular complexity index is 624. The lowest BCUT2D eigenvalue weighted by atomic mass is 10.3. The van der Waals surface area contributed by atoms with Crippen molar-refractivity contribution in [2.75, 3.05) is 7.11 Å². The lowest BCUT2D eigenvalue weighted by Gasteiger charge is -2.06. The van der Waals surface area contributed by atoms with Gasteiger partial charge in [0.15, 0.2) is 5.04 Å². The number of ether oxygens (including phenoxy) is 1. The van der Waals surface area contributed by atoms with Gasteiger partial charge in [-0.1, -0.05) is 18.2 Å². The molecule has 0 aromatic heterocycles. The molecule has 102 valence electrons. The molecule has 1 aromatic rings. The molecule has 0 aliphatic carbocycles. The molecule has 0 aliphatic heterocycles. The van der Waals surface area contributed by atoms with E-state index >= 15 is 0 Å². The number of aliphatic imine (C=N–C) groups is 1. The molecule has 0 atom stereocenters. The predicted octanol–water partition coefficient (Wildman–Crippen LogP) is 2.98. The van der Waals surface area contributed by atoms with Crippen molar-refractivity contribution in [1.82, 2.24) is 0 Å². The molecular formula is C14H17NO3S. The molecule has 0 amide bonds. The highest BCUT2D eigenvalue weighted by molar-refractivity contribution is 8.06. The summed E-state index contributed by atoms with van der Waals surface area (Å²) in [5.74, 6) is 0.478. The van der Waals surface area contributed by atoms with E-state index in [2.05, 4.69) is 11.6 Å². The molecule has 5 heteroatoms. The van der Waals surface area contributed by atoms with Crippen molar-refractivity contribution in [3.8, 4) is 5.75 Å². The van der Waals surface area contributed by atoms with E-state index in [0.29, 0.717) is 5.75 Å². The van der Waals surface area contributed by atoms with Crippen LogP contribution in [-0.4, -0.2) is 20.6 Å². The second-order valence-electron chi connectivity index (χ2n) is 4.06. The smallest absolute Gasteiger partial charge is 0.223 e. The second kappa shape index (κ2) is 6.33. The van der Waals surface area contributed by atoms with Crippen LogP contribution in [0.25, 0.3) is 0 Å². The molecule has 0 aliphatic rings. The third-order valence-corrected chi connectivity index (χ3v) is 3.95. The molecule has 0 spiro atoms. The fourth-order valence-electron chi connectivity index (χ4n) is 1.31. The first kappa shape index (κ1) is 15.2. The Morgan fingerprint density at radius 2 is 2.05 bits per heavy atom. The van der Waals surface area contributed by atoms with Crippen molar-refractivity contribution in [2.24, 2.45) is 4.99 Å². The van der Waals surface area contributed by atoms with Crippen molar-refractivity contribution in [2.45, 2.75) is 18.7 Å². The predicted molar refractivity (Wildman–Crippen MR) is 77.2 cm³/mol. The van der Waals surface area contributed by atoms with Gasteiger partial charge in [-0.3, -0.25) is 0 Å². The number of methoxy groups -OCH3 is 1. The summed E-state index contributed by atoms with van der Waals surface area (Å²) in [5, 5.41) is -0.0815. The van der Waals surface area contributed by atoms with Crippen LogP contribution < -0.4 is 4.74 Å². The Morgan fingerprint density at radius 1 is 1.37 bits per heavy atom. The highest BCUT2D eigenvalue weighted by Gasteiger charge is 2.20. The van der Waals surface area contributed by atoms with E-state index in [1.54, 1.807) is 12.1 Å². The number of hydrogen-bond donors (Lipinski definition) is 0. The van der Waals surface area contributed by atoms with Gasteiger partial charge >= 0.3 is 0 Å². The van der Waals surface area contributed by atoms with E-state index in [4.69, 9.17) is 4.74 Å². The average molecular weight is 279 g/mol. The molecular weight excluding hydrogens is 262 g/mol. The number of nitrogens with zero attached hydrogens (tertiary/aromatic N) is 1. The van der Waals surface area contributed by atoms with Gasteiger partial charge in [-0.15, -0.1) is 0 Å². The quantitative estimate of drug-likeness (QED) is 0.629. The fourth-order valence-corrected chi connectivity index (χ4v) is 2.50. The topological polar surface area (TPSA) is 55.7 Å². The Balaban J connectivity index is 3.32. The molecule has 0 saturated carbocycles. The van der Waals surface area contributed by atoms with Gasteiger partial charge in [0.25, 0.3) is 0 Å². The first-order valence-corrected chi connectivity index (χ1v) is 7.13. The fraction of sp³-hybridized carbons (Fsp3) is 0.214. The molecule has 0 unspecified atom stereocenters. The van der Waals surface area contributed by atoms with Crippen molar-refractivity contribution in [3.63, 3.8) is 0 Å². The minimum absolute atomic E-state index is 0.0815. The first-order valence-electron chi connectivity index (χ1n) is 5.64. The molecule has 0 heterocycles. The van der Waals surface area contributed by atoms with E-state index in [1.165, 1.54) is 31.5 Å². The maximum atomic E-state index is 12.4. The molecule has 0 bridgehead atoms. The molecule has 1 rings (SSSR count). The maximum Gasteiger partial charge on any atom is 0.223 e. The standard InChI is InChI=1S/C14H17NO3S/c1-5-14(15-10-11(2)3)19(16,17)13-8-6-7-12(9-13)18-4/h5-10H,1H2,2-4H3. The monoisotopic (exact) mass is 279 g/mol. The SMILES string of the molecule is C=CC(=NC=C(C)C)S(=O)(=O)c1cccc(OC)c1. The Kier molecular flexibility index (Phi) is 5.06. The number of benzene rings is 1. The lowest BCUT2D eigenvalue weighted by Crippen LogP contribution is -2.12. The average Bonchev–Trinajstić information content (AvgIpc) is 2.39. The zero-order chi connectivity index (χ0) is 14.5. The summed E-state index contributed by atoms with van der Waals surface area (Å²) >= 11 is 0. The summed E-state index contributed by atoms with van der Waals surface area (Å²) in [5.41, 5.74) is 0.903. The van der Waals surface area contributed by atoms with E-state index in [9.17, 15) is 8.42 Å². The van der Waals surface area contributed by atoms with Gasteiger partial charge in [0.05, 0.1) is 12.0 Å². The largest absolute Gasteiger partial charge is 0.497 e. The van der Waals surface area contributed by atoms with Gasteiger partial charge < -0.3 is 4.74 Å². The minimum atomic E-state index is -3.67. The first-order chi connectivity index (χ1) is 8.91. The maximum absolute atomic E-state index is 12.4. The zero-order valence-electron chi connectivity index (χ0n) is 11.3. The van der Waals surface area contributed by atoms with E-state index in [0.717, 1.165) is 5.57 Å². The third kappa shape index (κ3) is 3.79. The Labute approximate surface area is 114 Å². The van der Waals surface area contributed by atoms with Crippen LogP contribution in [0.1, 0.15) is 13.8 Å². The van der Waals surface area contributed by atoms with E-state index < -0.39 is 9.84 Å². The highest BCUT2D eigenvalue weighted by atomic mass is 32.2. The van der Waals surface area contributed by atoms with Crippen LogP contribution in [0, 0.1) is 0 Å². The third-order valence-electron chi connectivity index (χ3n) is 2.25. The van der Waals surface area contributed by atoms with Crippen molar-refractivity contribution < 1.29 is 13.2 Å². The van der Waals surface area contributed by atoms with Gasteiger partial charge in [-0.25, -0.2) is 13.4 Å². The van der Waals surface area contributed by atoms with E-state index in [-0.39, 0.29) is 9.94 Å². The summed E-state index contributed by atoms with van der Waals surface area (Å²) in [4.78, 5) is 4.09. The van der Waals surface area contributed by atoms with Crippen LogP contribution in [-0.2, 0) is 9.84 Å². The molecule has 1 aromatic carbocycles. The van der Waals surface area contributed by atoms with Gasteiger partial charge in [-0.2, -0.15) is 0 Å². The molecule has 0 N–H and O–H groups in total. The van der Waals surface area contributed by atoms with Gasteiger partial charge in [-0.05, 0) is 38.1 Å². The number of hydrogen-bond acceptors (Lipinski definition) is 4. The summed E-state index contributed by atoms with van der Waals surface area (Å²) in [6, 6.07) is 6.25. The van der Waals surface area contributed by atoms with Crippen molar-refractivity contribution in [1.29, 1.82) is 0 Å². The molecule has 0 saturated heterocycles. The van der Waals surface area contributed by atoms with Gasteiger partial charge in [0.1, 0.15) is 5.75 Å². The van der Waals surface area contributed by atoms with Crippen LogP contribution in [0.15, 0.2) is 58.6 Å². The van der Waals surface area contributed by atoms with Crippen LogP contribution in [0.3, 0.4) is 0 Å². The minimum Gasteiger partial charge on any atom is -0.497 e. The number of rotatable bonds is 4. The number of sulfone groups is 1. The van der Waals surface area contributed by atoms with Gasteiger partial charge in [0.2, 0.25) is 9.84 Å². The normalized spacial score (nSPS) is 11.8. The van der Waals surface area contributed by atoms with Crippen LogP contribution in [0.2, 0.25) is 0 Å². The molecule has 0 radical (unpaired) electrons. The Morgan fingerprint density at radius 3 is 2.58 bits per heavy atom. The van der Waals surface area contributed by atoms with Crippen molar-refractivity contribution >= 4 is 14.9 Å². The number of allylic oxidation sites excluding steroid dienone is 1. The van der Waals surface area contributed by atoms with E-state index in [1.807, 2.05) is 13.8 Å². The van der Waals surface area contributed by atoms with Crippen molar-refractivity contribution in [3.05, 3.63) is 48.7 Å². The molecule has 19 heavy (non-hydrogen) atoms. The summed E-state index contributed by atoms with van der Waals surface area (Å²) in [6.07, 6.45) is 2.73. The highest BCUT2D eigenvalue weighted by Crippen LogP contribution is 2.19. The molecule has 0 fully saturated rings. The second-order valence-corrected chi connectivity index (χ2v) is 5.96. The van der Waals surface area contributed by atoms with Crippen LogP contribution >= 0.6 is 0 Å². The lowest BCUT2D eigenvalue weighted by molar-refractivity contribution is 0.413. The van der Waals surface area contributed by atoms with Gasteiger partial charge in [0, 0.05) is 6.20 Å². The van der Waals surface area contributed by atoms with Crippen LogP contribution in [0.5, 0.6) is 5.75 Å². The molecule has 4 nitrogen and oxygen atoms in total. The zero-order valence-corrected chi connectivity index (χ0v) is 12.1. The summed E-state index contributed by atoms with van der Waals surface area (Å²) in [6.45, 7) is 7.17. The van der Waals surface area contributed by atoms with Crippen LogP contribution in [0.4, 0.5) is 0 Å². The summed E-state index contributed by atoms with van der Waals surface area (Å²) in [7, 11) is -2.19. The summed E-state index contributed by atoms with van der Waals surface area (Å²) < 4.78 is 29.7.